The molecule has 34 heavy (non-hydrogen) atoms. The van der Waals surface area contributed by atoms with Crippen molar-refractivity contribution in [1.29, 1.82) is 0 Å². The van der Waals surface area contributed by atoms with Gasteiger partial charge in [0.25, 0.3) is 0 Å². The van der Waals surface area contributed by atoms with Crippen molar-refractivity contribution in [1.82, 2.24) is 9.21 Å². The van der Waals surface area contributed by atoms with Gasteiger partial charge in [0, 0.05) is 38.7 Å². The van der Waals surface area contributed by atoms with Gasteiger partial charge in [-0.15, -0.1) is 0 Å². The molecule has 1 saturated heterocycles. The fraction of sp³-hybridized carbons (Fsp3) is 0.375. The van der Waals surface area contributed by atoms with Crippen molar-refractivity contribution in [2.75, 3.05) is 32.8 Å². The number of sulfonamides is 1. The van der Waals surface area contributed by atoms with Gasteiger partial charge < -0.3 is 14.4 Å². The number of esters is 1. The maximum Gasteiger partial charge on any atom is 0.338 e. The van der Waals surface area contributed by atoms with E-state index < -0.39 is 22.1 Å². The molecule has 1 amide bonds. The van der Waals surface area contributed by atoms with Gasteiger partial charge in [0.1, 0.15) is 5.75 Å². The normalized spacial score (nSPS) is 15.4. The highest BCUT2D eigenvalue weighted by molar-refractivity contribution is 7.89. The molecule has 0 N–H and O–H groups in total. The zero-order valence-electron chi connectivity index (χ0n) is 19.4. The fourth-order valence-corrected chi connectivity index (χ4v) is 5.04. The van der Waals surface area contributed by atoms with E-state index >= 15 is 0 Å². The molecule has 2 aromatic carbocycles. The number of amides is 1. The van der Waals surface area contributed by atoms with Crippen LogP contribution in [0.4, 0.5) is 0 Å². The monoisotopic (exact) mass is 488 g/mol. The van der Waals surface area contributed by atoms with Crippen molar-refractivity contribution >= 4 is 27.7 Å². The molecule has 1 fully saturated rings. The third kappa shape index (κ3) is 5.81. The molecule has 0 radical (unpaired) electrons. The first-order valence-electron chi connectivity index (χ1n) is 11.0. The number of benzene rings is 2. The maximum atomic E-state index is 13.0. The van der Waals surface area contributed by atoms with Crippen molar-refractivity contribution in [2.45, 2.75) is 31.8 Å². The van der Waals surface area contributed by atoms with E-state index in [9.17, 15) is 22.8 Å². The second kappa shape index (κ2) is 10.8. The highest BCUT2D eigenvalue weighted by atomic mass is 32.2. The molecule has 9 nitrogen and oxygen atoms in total. The smallest absolute Gasteiger partial charge is 0.338 e. The quantitative estimate of drug-likeness (QED) is 0.414. The van der Waals surface area contributed by atoms with Crippen molar-refractivity contribution < 1.29 is 32.3 Å². The standard InChI is InChI=1S/C24H28N2O7S/c1-4-32-21-10-8-19(9-11-21)23(28)17(2)33-24(29)20-6-5-7-22(16-20)34(30,31)26-14-12-25(13-15-26)18(3)27/h5-11,16-17H,4,12-15H2,1-3H3. The van der Waals surface area contributed by atoms with Crippen molar-refractivity contribution in [3.63, 3.8) is 0 Å². The summed E-state index contributed by atoms with van der Waals surface area (Å²) in [6, 6.07) is 12.0. The SMILES string of the molecule is CCOc1ccc(C(=O)C(C)OC(=O)c2cccc(S(=O)(=O)N3CCN(C(C)=O)CC3)c2)cc1. The Morgan fingerprint density at radius 2 is 1.62 bits per heavy atom. The molecule has 3 rings (SSSR count). The zero-order valence-corrected chi connectivity index (χ0v) is 20.2. The molecule has 1 heterocycles. The summed E-state index contributed by atoms with van der Waals surface area (Å²) in [5, 5.41) is 0. The molecule has 2 aromatic rings. The number of hydrogen-bond acceptors (Lipinski definition) is 7. The minimum atomic E-state index is -3.86. The number of carbonyl (C=O) groups is 3. The Balaban J connectivity index is 1.68. The molecule has 0 saturated carbocycles. The Bertz CT molecular complexity index is 1150. The minimum absolute atomic E-state index is 0.0230. The Morgan fingerprint density at radius 1 is 0.971 bits per heavy atom. The molecule has 1 atom stereocenters. The minimum Gasteiger partial charge on any atom is -0.494 e. The van der Waals surface area contributed by atoms with E-state index in [-0.39, 0.29) is 35.2 Å². The van der Waals surface area contributed by atoms with Crippen molar-refractivity contribution in [3.05, 3.63) is 59.7 Å². The van der Waals surface area contributed by atoms with E-state index in [1.807, 2.05) is 6.92 Å². The second-order valence-corrected chi connectivity index (χ2v) is 9.75. The van der Waals surface area contributed by atoms with Crippen LogP contribution in [0.3, 0.4) is 0 Å². The zero-order chi connectivity index (χ0) is 24.9. The number of rotatable bonds is 8. The van der Waals surface area contributed by atoms with Crippen LogP contribution in [-0.2, 0) is 19.6 Å². The number of carbonyl (C=O) groups excluding carboxylic acids is 3. The molecule has 182 valence electrons. The van der Waals surface area contributed by atoms with Crippen molar-refractivity contribution in [3.8, 4) is 5.75 Å². The highest BCUT2D eigenvalue weighted by Crippen LogP contribution is 2.20. The molecule has 1 aliphatic rings. The second-order valence-electron chi connectivity index (χ2n) is 7.81. The third-order valence-electron chi connectivity index (χ3n) is 5.49. The lowest BCUT2D eigenvalue weighted by Crippen LogP contribution is -2.49. The Labute approximate surface area is 199 Å². The molecule has 0 aromatic heterocycles. The molecule has 10 heteroatoms. The molecule has 1 aliphatic heterocycles. The lowest BCUT2D eigenvalue weighted by Gasteiger charge is -2.33. The van der Waals surface area contributed by atoms with E-state index in [0.717, 1.165) is 0 Å². The Kier molecular flexibility index (Phi) is 8.06. The first-order valence-corrected chi connectivity index (χ1v) is 12.4. The van der Waals surface area contributed by atoms with Crippen LogP contribution in [-0.4, -0.2) is 74.2 Å². The number of hydrogen-bond donors (Lipinski definition) is 0. The summed E-state index contributed by atoms with van der Waals surface area (Å²) < 4.78 is 38.0. The fourth-order valence-electron chi connectivity index (χ4n) is 3.57. The van der Waals surface area contributed by atoms with E-state index in [0.29, 0.717) is 31.0 Å². The van der Waals surface area contributed by atoms with Gasteiger partial charge in [0.15, 0.2) is 6.10 Å². The van der Waals surface area contributed by atoms with Crippen LogP contribution in [0.2, 0.25) is 0 Å². The maximum absolute atomic E-state index is 13.0. The van der Waals surface area contributed by atoms with Crippen LogP contribution in [0.15, 0.2) is 53.4 Å². The van der Waals surface area contributed by atoms with Crippen LogP contribution < -0.4 is 4.74 Å². The number of ether oxygens (including phenoxy) is 2. The van der Waals surface area contributed by atoms with E-state index in [4.69, 9.17) is 9.47 Å². The summed E-state index contributed by atoms with van der Waals surface area (Å²) in [5.74, 6) is -0.658. The van der Waals surface area contributed by atoms with Crippen LogP contribution in [0.25, 0.3) is 0 Å². The van der Waals surface area contributed by atoms with E-state index in [1.165, 1.54) is 42.4 Å². The largest absolute Gasteiger partial charge is 0.494 e. The van der Waals surface area contributed by atoms with Gasteiger partial charge in [-0.2, -0.15) is 4.31 Å². The topological polar surface area (TPSA) is 110 Å². The Hall–Kier alpha value is -3.24. The molecular weight excluding hydrogens is 460 g/mol. The van der Waals surface area contributed by atoms with Gasteiger partial charge in [-0.1, -0.05) is 6.07 Å². The summed E-state index contributed by atoms with van der Waals surface area (Å²) in [7, 11) is -3.86. The average molecular weight is 489 g/mol. The predicted molar refractivity (Wildman–Crippen MR) is 124 cm³/mol. The lowest BCUT2D eigenvalue weighted by atomic mass is 10.1. The summed E-state index contributed by atoms with van der Waals surface area (Å²) in [5.41, 5.74) is 0.388. The highest BCUT2D eigenvalue weighted by Gasteiger charge is 2.30. The van der Waals surface area contributed by atoms with Gasteiger partial charge in [-0.05, 0) is 56.3 Å². The molecule has 1 unspecified atom stereocenters. The predicted octanol–water partition coefficient (Wildman–Crippen LogP) is 2.37. The van der Waals surface area contributed by atoms with Gasteiger partial charge in [-0.25, -0.2) is 13.2 Å². The number of nitrogens with zero attached hydrogens (tertiary/aromatic N) is 2. The average Bonchev–Trinajstić information content (AvgIpc) is 2.84. The van der Waals surface area contributed by atoms with Gasteiger partial charge in [0.2, 0.25) is 21.7 Å². The summed E-state index contributed by atoms with van der Waals surface area (Å²) in [6.45, 7) is 6.23. The third-order valence-corrected chi connectivity index (χ3v) is 7.39. The van der Waals surface area contributed by atoms with Crippen LogP contribution in [0.5, 0.6) is 5.75 Å². The molecule has 0 bridgehead atoms. The Morgan fingerprint density at radius 3 is 2.21 bits per heavy atom. The first-order chi connectivity index (χ1) is 16.1. The molecular formula is C24H28N2O7S. The van der Waals surface area contributed by atoms with Gasteiger partial charge >= 0.3 is 5.97 Å². The number of Topliss-reactive ketones (excluding diaryl/α,β-unsaturated/α-hetero) is 1. The molecule has 0 spiro atoms. The number of ketones is 1. The van der Waals surface area contributed by atoms with Crippen molar-refractivity contribution in [2.24, 2.45) is 0 Å². The van der Waals surface area contributed by atoms with E-state index in [2.05, 4.69) is 0 Å². The first kappa shape index (κ1) is 25.4. The van der Waals surface area contributed by atoms with Crippen LogP contribution >= 0.6 is 0 Å². The lowest BCUT2D eigenvalue weighted by molar-refractivity contribution is -0.129. The van der Waals surface area contributed by atoms with Crippen LogP contribution in [0.1, 0.15) is 41.5 Å². The van der Waals surface area contributed by atoms with Gasteiger partial charge in [-0.3, -0.25) is 9.59 Å². The summed E-state index contributed by atoms with van der Waals surface area (Å²) >= 11 is 0. The summed E-state index contributed by atoms with van der Waals surface area (Å²) in [6.07, 6.45) is -1.06. The van der Waals surface area contributed by atoms with Gasteiger partial charge in [0.05, 0.1) is 17.1 Å². The van der Waals surface area contributed by atoms with Crippen LogP contribution in [0, 0.1) is 0 Å². The molecule has 0 aliphatic carbocycles. The number of piperazine rings is 1. The summed E-state index contributed by atoms with van der Waals surface area (Å²) in [4.78, 5) is 38.3. The van der Waals surface area contributed by atoms with E-state index in [1.54, 1.807) is 29.2 Å².